The van der Waals surface area contributed by atoms with Crippen LogP contribution in [0.15, 0.2) is 12.4 Å². The molecule has 0 spiro atoms. The van der Waals surface area contributed by atoms with Crippen molar-refractivity contribution in [3.8, 4) is 0 Å². The predicted molar refractivity (Wildman–Crippen MR) is 56.2 cm³/mol. The standard InChI is InChI=1S/C10H19N3O/c1-4-13-8-9(7-12-13)10(11-2)5-6-14-3/h7-8,10-11H,4-6H2,1-3H3. The molecule has 4 nitrogen and oxygen atoms in total. The maximum Gasteiger partial charge on any atom is 0.0537 e. The van der Waals surface area contributed by atoms with Crippen LogP contribution in [0.25, 0.3) is 0 Å². The van der Waals surface area contributed by atoms with E-state index in [0.29, 0.717) is 6.04 Å². The molecule has 1 rings (SSSR count). The molecule has 0 amide bonds. The Labute approximate surface area is 85.3 Å². The first kappa shape index (κ1) is 11.2. The molecule has 1 unspecified atom stereocenters. The molecule has 0 aromatic carbocycles. The second-order valence-corrected chi connectivity index (χ2v) is 3.25. The van der Waals surface area contributed by atoms with Crippen molar-refractivity contribution in [2.24, 2.45) is 0 Å². The van der Waals surface area contributed by atoms with E-state index in [2.05, 4.69) is 23.5 Å². The minimum absolute atomic E-state index is 0.343. The van der Waals surface area contributed by atoms with Gasteiger partial charge in [-0.05, 0) is 20.4 Å². The third-order valence-corrected chi connectivity index (χ3v) is 2.34. The maximum absolute atomic E-state index is 5.06. The monoisotopic (exact) mass is 197 g/mol. The van der Waals surface area contributed by atoms with Crippen molar-refractivity contribution < 1.29 is 4.74 Å². The summed E-state index contributed by atoms with van der Waals surface area (Å²) in [5, 5.41) is 7.50. The summed E-state index contributed by atoms with van der Waals surface area (Å²) in [6.45, 7) is 3.77. The Morgan fingerprint density at radius 1 is 1.64 bits per heavy atom. The van der Waals surface area contributed by atoms with Gasteiger partial charge in [0.2, 0.25) is 0 Å². The lowest BCUT2D eigenvalue weighted by Crippen LogP contribution is -2.17. The Kier molecular flexibility index (Phi) is 4.62. The third-order valence-electron chi connectivity index (χ3n) is 2.34. The second kappa shape index (κ2) is 5.78. The number of rotatable bonds is 6. The summed E-state index contributed by atoms with van der Waals surface area (Å²) < 4.78 is 7.00. The highest BCUT2D eigenvalue weighted by Crippen LogP contribution is 2.15. The zero-order valence-electron chi connectivity index (χ0n) is 9.16. The molecule has 0 aliphatic rings. The zero-order chi connectivity index (χ0) is 10.4. The molecule has 0 aliphatic heterocycles. The lowest BCUT2D eigenvalue weighted by molar-refractivity contribution is 0.184. The Hall–Kier alpha value is -0.870. The number of aromatic nitrogens is 2. The largest absolute Gasteiger partial charge is 0.385 e. The van der Waals surface area contributed by atoms with Crippen LogP contribution >= 0.6 is 0 Å². The van der Waals surface area contributed by atoms with Crippen LogP contribution in [0.4, 0.5) is 0 Å². The average molecular weight is 197 g/mol. The van der Waals surface area contributed by atoms with E-state index in [9.17, 15) is 0 Å². The number of nitrogens with one attached hydrogen (secondary N) is 1. The molecule has 0 radical (unpaired) electrons. The van der Waals surface area contributed by atoms with Crippen LogP contribution in [0, 0.1) is 0 Å². The van der Waals surface area contributed by atoms with Gasteiger partial charge in [0.25, 0.3) is 0 Å². The summed E-state index contributed by atoms with van der Waals surface area (Å²) in [5.41, 5.74) is 1.23. The fourth-order valence-corrected chi connectivity index (χ4v) is 1.45. The van der Waals surface area contributed by atoms with E-state index in [1.54, 1.807) is 7.11 Å². The molecule has 1 aromatic rings. The predicted octanol–water partition coefficient (Wildman–Crippen LogP) is 1.20. The summed E-state index contributed by atoms with van der Waals surface area (Å²) in [5.74, 6) is 0. The van der Waals surface area contributed by atoms with Gasteiger partial charge in [0.05, 0.1) is 6.20 Å². The first-order valence-electron chi connectivity index (χ1n) is 5.00. The molecule has 1 atom stereocenters. The van der Waals surface area contributed by atoms with Crippen molar-refractivity contribution in [2.75, 3.05) is 20.8 Å². The number of hydrogen-bond donors (Lipinski definition) is 1. The average Bonchev–Trinajstić information content (AvgIpc) is 2.68. The summed E-state index contributed by atoms with van der Waals surface area (Å²) in [7, 11) is 3.69. The Balaban J connectivity index is 2.58. The number of aryl methyl sites for hydroxylation is 1. The van der Waals surface area contributed by atoms with Gasteiger partial charge in [-0.1, -0.05) is 0 Å². The summed E-state index contributed by atoms with van der Waals surface area (Å²) in [4.78, 5) is 0. The van der Waals surface area contributed by atoms with Crippen molar-refractivity contribution in [1.82, 2.24) is 15.1 Å². The molecule has 1 aromatic heterocycles. The van der Waals surface area contributed by atoms with Crippen LogP contribution in [0.2, 0.25) is 0 Å². The highest BCUT2D eigenvalue weighted by Gasteiger charge is 2.10. The van der Waals surface area contributed by atoms with Gasteiger partial charge in [-0.3, -0.25) is 4.68 Å². The number of ether oxygens (including phenoxy) is 1. The molecule has 80 valence electrons. The molecule has 0 fully saturated rings. The molecule has 4 heteroatoms. The van der Waals surface area contributed by atoms with Gasteiger partial charge in [-0.25, -0.2) is 0 Å². The quantitative estimate of drug-likeness (QED) is 0.744. The highest BCUT2D eigenvalue weighted by molar-refractivity contribution is 5.10. The van der Waals surface area contributed by atoms with Crippen molar-refractivity contribution >= 4 is 0 Å². The summed E-state index contributed by atoms with van der Waals surface area (Å²) in [6, 6.07) is 0.343. The van der Waals surface area contributed by atoms with E-state index < -0.39 is 0 Å². The van der Waals surface area contributed by atoms with E-state index in [0.717, 1.165) is 19.6 Å². The van der Waals surface area contributed by atoms with E-state index in [1.165, 1.54) is 5.56 Å². The Morgan fingerprint density at radius 2 is 2.43 bits per heavy atom. The molecule has 0 saturated heterocycles. The number of hydrogen-bond acceptors (Lipinski definition) is 3. The van der Waals surface area contributed by atoms with Gasteiger partial charge >= 0.3 is 0 Å². The van der Waals surface area contributed by atoms with E-state index >= 15 is 0 Å². The van der Waals surface area contributed by atoms with Crippen molar-refractivity contribution in [1.29, 1.82) is 0 Å². The van der Waals surface area contributed by atoms with Crippen LogP contribution < -0.4 is 5.32 Å². The zero-order valence-corrected chi connectivity index (χ0v) is 9.16. The molecule has 1 N–H and O–H groups in total. The molecular weight excluding hydrogens is 178 g/mol. The SMILES string of the molecule is CCn1cc(C(CCOC)NC)cn1. The van der Waals surface area contributed by atoms with E-state index in [1.807, 2.05) is 17.9 Å². The van der Waals surface area contributed by atoms with Crippen LogP contribution in [0.1, 0.15) is 24.9 Å². The fourth-order valence-electron chi connectivity index (χ4n) is 1.45. The lowest BCUT2D eigenvalue weighted by atomic mass is 10.1. The van der Waals surface area contributed by atoms with Crippen LogP contribution in [-0.2, 0) is 11.3 Å². The molecular formula is C10H19N3O. The summed E-state index contributed by atoms with van der Waals surface area (Å²) >= 11 is 0. The van der Waals surface area contributed by atoms with Crippen LogP contribution in [0.3, 0.4) is 0 Å². The minimum Gasteiger partial charge on any atom is -0.385 e. The first-order chi connectivity index (χ1) is 6.81. The van der Waals surface area contributed by atoms with Gasteiger partial charge in [-0.15, -0.1) is 0 Å². The summed E-state index contributed by atoms with van der Waals surface area (Å²) in [6.07, 6.45) is 4.97. The second-order valence-electron chi connectivity index (χ2n) is 3.25. The first-order valence-corrected chi connectivity index (χ1v) is 5.00. The van der Waals surface area contributed by atoms with Crippen LogP contribution in [-0.4, -0.2) is 30.5 Å². The highest BCUT2D eigenvalue weighted by atomic mass is 16.5. The molecule has 0 aliphatic carbocycles. The normalized spacial score (nSPS) is 13.1. The van der Waals surface area contributed by atoms with E-state index in [-0.39, 0.29) is 0 Å². The van der Waals surface area contributed by atoms with Crippen LogP contribution in [0.5, 0.6) is 0 Å². The molecule has 14 heavy (non-hydrogen) atoms. The van der Waals surface area contributed by atoms with Gasteiger partial charge in [-0.2, -0.15) is 5.10 Å². The minimum atomic E-state index is 0.343. The van der Waals surface area contributed by atoms with Crippen molar-refractivity contribution in [3.05, 3.63) is 18.0 Å². The van der Waals surface area contributed by atoms with Gasteiger partial charge in [0, 0.05) is 38.1 Å². The van der Waals surface area contributed by atoms with E-state index in [4.69, 9.17) is 4.74 Å². The Morgan fingerprint density at radius 3 is 2.93 bits per heavy atom. The fraction of sp³-hybridized carbons (Fsp3) is 0.700. The smallest absolute Gasteiger partial charge is 0.0537 e. The number of methoxy groups -OCH3 is 1. The Bertz CT molecular complexity index is 260. The number of nitrogens with zero attached hydrogens (tertiary/aromatic N) is 2. The van der Waals surface area contributed by atoms with Gasteiger partial charge in [0.1, 0.15) is 0 Å². The lowest BCUT2D eigenvalue weighted by Gasteiger charge is -2.13. The van der Waals surface area contributed by atoms with Gasteiger partial charge in [0.15, 0.2) is 0 Å². The van der Waals surface area contributed by atoms with Crippen molar-refractivity contribution in [3.63, 3.8) is 0 Å². The van der Waals surface area contributed by atoms with Crippen molar-refractivity contribution in [2.45, 2.75) is 25.9 Å². The maximum atomic E-state index is 5.06. The topological polar surface area (TPSA) is 39.1 Å². The molecule has 0 saturated carbocycles. The third kappa shape index (κ3) is 2.82. The molecule has 1 heterocycles. The van der Waals surface area contributed by atoms with Gasteiger partial charge < -0.3 is 10.1 Å². The molecule has 0 bridgehead atoms.